The molecule has 19 heavy (non-hydrogen) atoms. The van der Waals surface area contributed by atoms with Gasteiger partial charge in [0.25, 0.3) is 0 Å². The first kappa shape index (κ1) is 15.2. The largest absolute Gasteiger partial charge is 0.362 e. The van der Waals surface area contributed by atoms with Crippen molar-refractivity contribution in [3.63, 3.8) is 0 Å². The number of nitrogens with one attached hydrogen (secondary N) is 1. The van der Waals surface area contributed by atoms with Crippen molar-refractivity contribution in [3.05, 3.63) is 0 Å². The molecule has 110 valence electrons. The maximum atomic E-state index is 11.8. The highest BCUT2D eigenvalue weighted by Gasteiger charge is 2.32. The first-order valence-electron chi connectivity index (χ1n) is 6.94. The van der Waals surface area contributed by atoms with Gasteiger partial charge in [-0.25, -0.2) is 8.42 Å². The minimum atomic E-state index is -2.87. The summed E-state index contributed by atoms with van der Waals surface area (Å²) in [4.78, 5) is 4.51. The third-order valence-electron chi connectivity index (χ3n) is 3.89. The molecule has 2 unspecified atom stereocenters. The van der Waals surface area contributed by atoms with Crippen molar-refractivity contribution in [3.8, 4) is 0 Å². The fraction of sp³-hybridized carbons (Fsp3) is 0.923. The summed E-state index contributed by atoms with van der Waals surface area (Å²) >= 11 is 1.71. The quantitative estimate of drug-likeness (QED) is 0.848. The van der Waals surface area contributed by atoms with Crippen LogP contribution in [0.1, 0.15) is 40.0 Å². The molecule has 0 aromatic rings. The molecule has 0 amide bonds. The molecule has 0 bridgehead atoms. The Morgan fingerprint density at radius 2 is 2.11 bits per heavy atom. The lowest BCUT2D eigenvalue weighted by atomic mass is 9.85. The van der Waals surface area contributed by atoms with Crippen molar-refractivity contribution >= 4 is 26.8 Å². The van der Waals surface area contributed by atoms with Crippen LogP contribution in [0.15, 0.2) is 4.99 Å². The van der Waals surface area contributed by atoms with Crippen molar-refractivity contribution < 1.29 is 8.42 Å². The van der Waals surface area contributed by atoms with Crippen LogP contribution in [0.5, 0.6) is 0 Å². The normalized spacial score (nSPS) is 33.3. The molecule has 2 fully saturated rings. The summed E-state index contributed by atoms with van der Waals surface area (Å²) in [7, 11) is -2.87. The molecule has 1 N–H and O–H groups in total. The summed E-state index contributed by atoms with van der Waals surface area (Å²) in [5, 5.41) is 4.13. The standard InChI is InChI=1S/C13H24N2O2S2/c1-13(2,3)11-6-7-18-12(15-11)14-9-10-5-4-8-19(10,16)17/h10-11H,4-9H2,1-3H3,(H,14,15). The summed E-state index contributed by atoms with van der Waals surface area (Å²) < 4.78 is 23.5. The van der Waals surface area contributed by atoms with Crippen LogP contribution in [-0.4, -0.2) is 42.9 Å². The van der Waals surface area contributed by atoms with E-state index in [0.29, 0.717) is 18.3 Å². The lowest BCUT2D eigenvalue weighted by Gasteiger charge is -2.35. The van der Waals surface area contributed by atoms with Gasteiger partial charge < -0.3 is 5.32 Å². The van der Waals surface area contributed by atoms with Crippen molar-refractivity contribution in [1.82, 2.24) is 5.32 Å². The number of hydrogen-bond acceptors (Lipinski definition) is 4. The second-order valence-corrected chi connectivity index (χ2v) is 9.96. The molecule has 6 heteroatoms. The molecule has 0 spiro atoms. The van der Waals surface area contributed by atoms with E-state index in [0.717, 1.165) is 30.2 Å². The zero-order valence-corrected chi connectivity index (χ0v) is 13.6. The lowest BCUT2D eigenvalue weighted by molar-refractivity contribution is 0.290. The van der Waals surface area contributed by atoms with Gasteiger partial charge in [0.2, 0.25) is 0 Å². The highest BCUT2D eigenvalue weighted by molar-refractivity contribution is 8.13. The van der Waals surface area contributed by atoms with Crippen LogP contribution >= 0.6 is 11.8 Å². The highest BCUT2D eigenvalue weighted by atomic mass is 32.2. The Morgan fingerprint density at radius 3 is 2.68 bits per heavy atom. The van der Waals surface area contributed by atoms with Gasteiger partial charge in [0, 0.05) is 11.8 Å². The molecule has 2 saturated heterocycles. The van der Waals surface area contributed by atoms with E-state index in [1.165, 1.54) is 0 Å². The van der Waals surface area contributed by atoms with E-state index in [9.17, 15) is 8.42 Å². The van der Waals surface area contributed by atoms with E-state index in [2.05, 4.69) is 31.1 Å². The van der Waals surface area contributed by atoms with E-state index in [4.69, 9.17) is 0 Å². The van der Waals surface area contributed by atoms with Gasteiger partial charge in [0.1, 0.15) is 0 Å². The number of thioether (sulfide) groups is 1. The number of aliphatic imine (C=N–C) groups is 1. The lowest BCUT2D eigenvalue weighted by Crippen LogP contribution is -2.46. The second-order valence-electron chi connectivity index (χ2n) is 6.48. The molecule has 4 nitrogen and oxygen atoms in total. The molecule has 2 rings (SSSR count). The smallest absolute Gasteiger partial charge is 0.156 e. The Bertz CT molecular complexity index is 452. The molecule has 0 aliphatic carbocycles. The first-order valence-corrected chi connectivity index (χ1v) is 9.64. The van der Waals surface area contributed by atoms with Crippen molar-refractivity contribution in [2.75, 3.05) is 18.1 Å². The van der Waals surface area contributed by atoms with Gasteiger partial charge in [-0.3, -0.25) is 4.99 Å². The van der Waals surface area contributed by atoms with Gasteiger partial charge in [-0.15, -0.1) is 0 Å². The van der Waals surface area contributed by atoms with E-state index >= 15 is 0 Å². The summed E-state index contributed by atoms with van der Waals surface area (Å²) in [6.07, 6.45) is 2.70. The van der Waals surface area contributed by atoms with Crippen LogP contribution in [0.25, 0.3) is 0 Å². The minimum Gasteiger partial charge on any atom is -0.362 e. The van der Waals surface area contributed by atoms with E-state index < -0.39 is 9.84 Å². The Labute approximate surface area is 120 Å². The van der Waals surface area contributed by atoms with E-state index in [1.54, 1.807) is 11.8 Å². The van der Waals surface area contributed by atoms with Crippen LogP contribution in [0, 0.1) is 5.41 Å². The molecule has 2 atom stereocenters. The second kappa shape index (κ2) is 5.64. The predicted molar refractivity (Wildman–Crippen MR) is 82.6 cm³/mol. The summed E-state index contributed by atoms with van der Waals surface area (Å²) in [5.74, 6) is 1.40. The summed E-state index contributed by atoms with van der Waals surface area (Å²) in [6, 6.07) is 0.424. The number of hydrogen-bond donors (Lipinski definition) is 1. The zero-order chi connectivity index (χ0) is 14.1. The zero-order valence-electron chi connectivity index (χ0n) is 12.0. The molecule has 0 aromatic carbocycles. The predicted octanol–water partition coefficient (Wildman–Crippen LogP) is 2.06. The van der Waals surface area contributed by atoms with Gasteiger partial charge in [-0.1, -0.05) is 32.5 Å². The fourth-order valence-corrected chi connectivity index (χ4v) is 5.19. The topological polar surface area (TPSA) is 58.5 Å². The number of amidine groups is 1. The molecular weight excluding hydrogens is 280 g/mol. The van der Waals surface area contributed by atoms with E-state index in [-0.39, 0.29) is 10.7 Å². The van der Waals surface area contributed by atoms with Crippen LogP contribution in [0.3, 0.4) is 0 Å². The van der Waals surface area contributed by atoms with Crippen molar-refractivity contribution in [2.45, 2.75) is 51.3 Å². The maximum absolute atomic E-state index is 11.8. The van der Waals surface area contributed by atoms with Crippen LogP contribution in [0.4, 0.5) is 0 Å². The molecule has 0 aromatic heterocycles. The van der Waals surface area contributed by atoms with E-state index in [1.807, 2.05) is 0 Å². The number of nitrogens with zero attached hydrogens (tertiary/aromatic N) is 1. The Hall–Kier alpha value is -0.230. The average Bonchev–Trinajstić information content (AvgIpc) is 2.65. The van der Waals surface area contributed by atoms with Gasteiger partial charge in [-0.05, 0) is 24.7 Å². The molecule has 2 heterocycles. The highest BCUT2D eigenvalue weighted by Crippen LogP contribution is 2.28. The summed E-state index contributed by atoms with van der Waals surface area (Å²) in [6.45, 7) is 7.09. The van der Waals surface area contributed by atoms with Gasteiger partial charge in [0.15, 0.2) is 15.0 Å². The van der Waals surface area contributed by atoms with Gasteiger partial charge in [-0.2, -0.15) is 0 Å². The van der Waals surface area contributed by atoms with Crippen molar-refractivity contribution in [2.24, 2.45) is 10.4 Å². The summed E-state index contributed by atoms with van der Waals surface area (Å²) in [5.41, 5.74) is 0.210. The van der Waals surface area contributed by atoms with Crippen LogP contribution in [0.2, 0.25) is 0 Å². The van der Waals surface area contributed by atoms with Gasteiger partial charge in [0.05, 0.1) is 17.5 Å². The number of rotatable bonds is 2. The Morgan fingerprint density at radius 1 is 1.37 bits per heavy atom. The Kier molecular flexibility index (Phi) is 4.50. The molecule has 2 aliphatic rings. The maximum Gasteiger partial charge on any atom is 0.156 e. The molecule has 0 saturated carbocycles. The molecule has 0 radical (unpaired) electrons. The van der Waals surface area contributed by atoms with Gasteiger partial charge >= 0.3 is 0 Å². The third-order valence-corrected chi connectivity index (χ3v) is 7.11. The minimum absolute atomic E-state index is 0.210. The first-order chi connectivity index (χ1) is 8.79. The third kappa shape index (κ3) is 3.88. The van der Waals surface area contributed by atoms with Crippen LogP contribution < -0.4 is 5.32 Å². The SMILES string of the molecule is CC(C)(C)C1CCSC(=NCC2CCCS2(=O)=O)N1. The van der Waals surface area contributed by atoms with Crippen molar-refractivity contribution in [1.29, 1.82) is 0 Å². The molecule has 2 aliphatic heterocycles. The number of sulfone groups is 1. The van der Waals surface area contributed by atoms with Crippen LogP contribution in [-0.2, 0) is 9.84 Å². The average molecular weight is 304 g/mol. The fourth-order valence-electron chi connectivity index (χ4n) is 2.53. The molecular formula is C13H24N2O2S2. The Balaban J connectivity index is 1.96. The monoisotopic (exact) mass is 304 g/mol.